The van der Waals surface area contributed by atoms with Crippen LogP contribution in [0.25, 0.3) is 11.4 Å². The summed E-state index contributed by atoms with van der Waals surface area (Å²) in [4.78, 5) is 4.51. The van der Waals surface area contributed by atoms with Crippen molar-refractivity contribution in [2.24, 2.45) is 0 Å². The van der Waals surface area contributed by atoms with Crippen molar-refractivity contribution in [1.29, 1.82) is 0 Å². The predicted molar refractivity (Wildman–Crippen MR) is 80.6 cm³/mol. The summed E-state index contributed by atoms with van der Waals surface area (Å²) in [6.45, 7) is 1.16. The van der Waals surface area contributed by atoms with E-state index >= 15 is 0 Å². The predicted octanol–water partition coefficient (Wildman–Crippen LogP) is 3.09. The van der Waals surface area contributed by atoms with E-state index in [0.717, 1.165) is 39.8 Å². The van der Waals surface area contributed by atoms with Crippen molar-refractivity contribution < 1.29 is 9.47 Å². The maximum absolute atomic E-state index is 5.49. The Morgan fingerprint density at radius 3 is 3.10 bits per heavy atom. The zero-order valence-electron chi connectivity index (χ0n) is 10.7. The Morgan fingerprint density at radius 1 is 1.40 bits per heavy atom. The first-order chi connectivity index (χ1) is 9.83. The van der Waals surface area contributed by atoms with Crippen LogP contribution in [0.4, 0.5) is 0 Å². The lowest BCUT2D eigenvalue weighted by Crippen LogP contribution is -2.25. The summed E-state index contributed by atoms with van der Waals surface area (Å²) in [5.74, 6) is 1.62. The minimum Gasteiger partial charge on any atom is -0.355 e. The minimum atomic E-state index is 0.221. The summed E-state index contributed by atoms with van der Waals surface area (Å²) in [7, 11) is 0. The molecule has 106 valence electrons. The number of hydrogen-bond donors (Lipinski definition) is 1. The molecule has 1 fully saturated rings. The fraction of sp³-hybridized carbons (Fsp3) is 0.385. The first-order valence-electron chi connectivity index (χ1n) is 6.32. The maximum atomic E-state index is 5.49. The lowest BCUT2D eigenvalue weighted by Gasteiger charge is -2.21. The topological polar surface area (TPSA) is 60.0 Å². The van der Waals surface area contributed by atoms with Crippen LogP contribution in [0.2, 0.25) is 0 Å². The summed E-state index contributed by atoms with van der Waals surface area (Å²) in [6.07, 6.45) is 1.15. The van der Waals surface area contributed by atoms with E-state index in [2.05, 4.69) is 31.1 Å². The lowest BCUT2D eigenvalue weighted by molar-refractivity contribution is -0.130. The van der Waals surface area contributed by atoms with Crippen molar-refractivity contribution >= 4 is 27.7 Å². The van der Waals surface area contributed by atoms with Crippen LogP contribution in [0.15, 0.2) is 33.9 Å². The second kappa shape index (κ2) is 6.71. The van der Waals surface area contributed by atoms with Crippen LogP contribution in [0.3, 0.4) is 0 Å². The molecule has 20 heavy (non-hydrogen) atoms. The van der Waals surface area contributed by atoms with Gasteiger partial charge in [0.05, 0.1) is 12.7 Å². The van der Waals surface area contributed by atoms with E-state index in [-0.39, 0.29) is 6.10 Å². The number of H-pyrrole nitrogens is 1. The minimum absolute atomic E-state index is 0.221. The Bertz CT molecular complexity index is 572. The van der Waals surface area contributed by atoms with Crippen molar-refractivity contribution in [3.05, 3.63) is 28.7 Å². The highest BCUT2D eigenvalue weighted by Gasteiger charge is 2.16. The largest absolute Gasteiger partial charge is 0.355 e. The third-order valence-electron chi connectivity index (χ3n) is 2.96. The molecule has 7 heteroatoms. The second-order valence-electron chi connectivity index (χ2n) is 4.36. The Kier molecular flexibility index (Phi) is 4.72. The molecule has 0 saturated carbocycles. The molecule has 1 aliphatic rings. The van der Waals surface area contributed by atoms with Gasteiger partial charge in [-0.3, -0.25) is 5.10 Å². The number of nitrogens with one attached hydrogen (secondary N) is 1. The Morgan fingerprint density at radius 2 is 2.30 bits per heavy atom. The summed E-state index contributed by atoms with van der Waals surface area (Å²) >= 11 is 5.11. The molecule has 0 bridgehead atoms. The Balaban J connectivity index is 1.63. The van der Waals surface area contributed by atoms with Crippen molar-refractivity contribution in [3.8, 4) is 11.4 Å². The van der Waals surface area contributed by atoms with Crippen LogP contribution >= 0.6 is 27.7 Å². The van der Waals surface area contributed by atoms with E-state index in [0.29, 0.717) is 6.79 Å². The summed E-state index contributed by atoms with van der Waals surface area (Å²) < 4.78 is 11.6. The molecular formula is C13H14BrN3O2S. The lowest BCUT2D eigenvalue weighted by atomic mass is 10.2. The number of hydrogen-bond acceptors (Lipinski definition) is 5. The van der Waals surface area contributed by atoms with Crippen LogP contribution in [-0.4, -0.2) is 40.4 Å². The SMILES string of the molecule is Brc1ccccc1-c1nc(SC[C@H]2CCOCO2)n[nH]1. The van der Waals surface area contributed by atoms with Gasteiger partial charge in [0.1, 0.15) is 6.79 Å². The third-order valence-corrected chi connectivity index (χ3v) is 4.63. The number of ether oxygens (including phenoxy) is 2. The van der Waals surface area contributed by atoms with Crippen LogP contribution < -0.4 is 0 Å². The number of aromatic nitrogens is 3. The van der Waals surface area contributed by atoms with Gasteiger partial charge in [0.15, 0.2) is 5.82 Å². The molecule has 1 aliphatic heterocycles. The third kappa shape index (κ3) is 3.41. The van der Waals surface area contributed by atoms with Crippen molar-refractivity contribution in [1.82, 2.24) is 15.2 Å². The molecule has 1 N–H and O–H groups in total. The van der Waals surface area contributed by atoms with Gasteiger partial charge in [0, 0.05) is 15.8 Å². The number of nitrogens with zero attached hydrogens (tertiary/aromatic N) is 2. The van der Waals surface area contributed by atoms with Crippen molar-refractivity contribution in [2.45, 2.75) is 17.7 Å². The number of halogens is 1. The van der Waals surface area contributed by atoms with Gasteiger partial charge in [-0.2, -0.15) is 0 Å². The van der Waals surface area contributed by atoms with E-state index in [4.69, 9.17) is 9.47 Å². The average Bonchev–Trinajstić information content (AvgIpc) is 2.95. The van der Waals surface area contributed by atoms with Gasteiger partial charge in [-0.1, -0.05) is 45.9 Å². The van der Waals surface area contributed by atoms with E-state index in [9.17, 15) is 0 Å². The normalized spacial score (nSPS) is 19.1. The van der Waals surface area contributed by atoms with Crippen LogP contribution in [0.5, 0.6) is 0 Å². The van der Waals surface area contributed by atoms with Gasteiger partial charge < -0.3 is 9.47 Å². The molecule has 5 nitrogen and oxygen atoms in total. The van der Waals surface area contributed by atoms with Crippen molar-refractivity contribution in [2.75, 3.05) is 19.2 Å². The molecule has 1 aromatic heterocycles. The standard InChI is InChI=1S/C13H14BrN3O2S/c14-11-4-2-1-3-10(11)12-15-13(17-16-12)20-7-9-5-6-18-8-19-9/h1-4,9H,5-8H2,(H,15,16,17)/t9-/m1/s1. The fourth-order valence-electron chi connectivity index (χ4n) is 1.88. The van der Waals surface area contributed by atoms with Crippen LogP contribution in [0.1, 0.15) is 6.42 Å². The molecule has 2 aromatic rings. The van der Waals surface area contributed by atoms with Gasteiger partial charge in [-0.25, -0.2) is 4.98 Å². The van der Waals surface area contributed by atoms with Gasteiger partial charge in [0.2, 0.25) is 5.16 Å². The molecule has 0 aliphatic carbocycles. The van der Waals surface area contributed by atoms with E-state index in [1.807, 2.05) is 24.3 Å². The zero-order valence-corrected chi connectivity index (χ0v) is 13.1. The molecule has 0 radical (unpaired) electrons. The summed E-state index contributed by atoms with van der Waals surface area (Å²) in [5, 5.41) is 7.95. The van der Waals surface area contributed by atoms with Crippen molar-refractivity contribution in [3.63, 3.8) is 0 Å². The smallest absolute Gasteiger partial charge is 0.208 e. The van der Waals surface area contributed by atoms with Gasteiger partial charge in [0.25, 0.3) is 0 Å². The number of benzene rings is 1. The first kappa shape index (κ1) is 14.1. The molecule has 0 amide bonds. The molecule has 0 spiro atoms. The van der Waals surface area contributed by atoms with Gasteiger partial charge in [-0.15, -0.1) is 5.10 Å². The Labute approximate surface area is 129 Å². The summed E-state index contributed by atoms with van der Waals surface area (Å²) in [5.41, 5.74) is 1.01. The number of thioether (sulfide) groups is 1. The molecule has 3 rings (SSSR count). The van der Waals surface area contributed by atoms with E-state index in [1.165, 1.54) is 0 Å². The second-order valence-corrected chi connectivity index (χ2v) is 6.20. The van der Waals surface area contributed by atoms with E-state index < -0.39 is 0 Å². The highest BCUT2D eigenvalue weighted by Crippen LogP contribution is 2.27. The highest BCUT2D eigenvalue weighted by molar-refractivity contribution is 9.10. The molecule has 2 heterocycles. The number of aromatic amines is 1. The molecule has 1 saturated heterocycles. The molecule has 1 aromatic carbocycles. The molecule has 0 unspecified atom stereocenters. The molecular weight excluding hydrogens is 342 g/mol. The quantitative estimate of drug-likeness (QED) is 0.854. The van der Waals surface area contributed by atoms with Gasteiger partial charge >= 0.3 is 0 Å². The maximum Gasteiger partial charge on any atom is 0.208 e. The fourth-order valence-corrected chi connectivity index (χ4v) is 3.22. The van der Waals surface area contributed by atoms with Crippen LogP contribution in [0, 0.1) is 0 Å². The van der Waals surface area contributed by atoms with E-state index in [1.54, 1.807) is 11.8 Å². The number of rotatable bonds is 4. The average molecular weight is 356 g/mol. The zero-order chi connectivity index (χ0) is 13.8. The summed E-state index contributed by atoms with van der Waals surface area (Å²) in [6, 6.07) is 7.94. The Hall–Kier alpha value is -0.890. The van der Waals surface area contributed by atoms with Crippen LogP contribution in [-0.2, 0) is 9.47 Å². The monoisotopic (exact) mass is 355 g/mol. The first-order valence-corrected chi connectivity index (χ1v) is 8.10. The highest BCUT2D eigenvalue weighted by atomic mass is 79.9. The van der Waals surface area contributed by atoms with Gasteiger partial charge in [-0.05, 0) is 12.5 Å². The molecule has 1 atom stereocenters.